The first-order valence-electron chi connectivity index (χ1n) is 4.61. The summed E-state index contributed by atoms with van der Waals surface area (Å²) < 4.78 is 5.02. The molecule has 7 heteroatoms. The summed E-state index contributed by atoms with van der Waals surface area (Å²) in [4.78, 5) is 8.47. The van der Waals surface area contributed by atoms with Crippen molar-refractivity contribution in [2.24, 2.45) is 0 Å². The quantitative estimate of drug-likeness (QED) is 0.871. The third-order valence-corrected chi connectivity index (χ3v) is 3.83. The number of halogens is 1. The summed E-state index contributed by atoms with van der Waals surface area (Å²) in [6.07, 6.45) is 0.829. The van der Waals surface area contributed by atoms with Crippen LogP contribution in [0.1, 0.15) is 12.7 Å². The predicted octanol–water partition coefficient (Wildman–Crippen LogP) is 2.88. The lowest BCUT2D eigenvalue weighted by molar-refractivity contribution is 0.970. The summed E-state index contributed by atoms with van der Waals surface area (Å²) in [5.74, 6) is 0.841. The molecule has 0 atom stereocenters. The van der Waals surface area contributed by atoms with E-state index in [1.807, 2.05) is 6.92 Å². The van der Waals surface area contributed by atoms with E-state index in [4.69, 9.17) is 17.3 Å². The summed E-state index contributed by atoms with van der Waals surface area (Å²) in [5, 5.41) is 1.10. The number of hydrogen-bond acceptors (Lipinski definition) is 6. The maximum Gasteiger partial charge on any atom is 0.176 e. The normalized spacial score (nSPS) is 10.6. The summed E-state index contributed by atoms with van der Waals surface area (Å²) in [6, 6.07) is 3.40. The number of pyridine rings is 1. The number of anilines is 1. The highest BCUT2D eigenvalue weighted by Crippen LogP contribution is 2.32. The van der Waals surface area contributed by atoms with Gasteiger partial charge in [0.2, 0.25) is 0 Å². The zero-order chi connectivity index (χ0) is 11.5. The van der Waals surface area contributed by atoms with E-state index in [2.05, 4.69) is 14.3 Å². The van der Waals surface area contributed by atoms with Crippen molar-refractivity contribution < 1.29 is 0 Å². The first-order chi connectivity index (χ1) is 7.69. The predicted molar refractivity (Wildman–Crippen MR) is 67.1 cm³/mol. The SMILES string of the molecule is CCc1nsc(Sc2nc(Cl)ccc2N)n1. The van der Waals surface area contributed by atoms with Crippen LogP contribution in [0.3, 0.4) is 0 Å². The summed E-state index contributed by atoms with van der Waals surface area (Å²) in [6.45, 7) is 2.02. The molecular weight excluding hydrogens is 264 g/mol. The van der Waals surface area contributed by atoms with Crippen LogP contribution < -0.4 is 5.73 Å². The second-order valence-electron chi connectivity index (χ2n) is 2.96. The minimum Gasteiger partial charge on any atom is -0.397 e. The van der Waals surface area contributed by atoms with Gasteiger partial charge in [-0.25, -0.2) is 9.97 Å². The van der Waals surface area contributed by atoms with Crippen molar-refractivity contribution in [3.8, 4) is 0 Å². The third-order valence-electron chi connectivity index (χ3n) is 1.81. The van der Waals surface area contributed by atoms with Crippen LogP contribution in [0.4, 0.5) is 5.69 Å². The van der Waals surface area contributed by atoms with Crippen LogP contribution in [0.5, 0.6) is 0 Å². The maximum absolute atomic E-state index is 5.80. The highest BCUT2D eigenvalue weighted by atomic mass is 35.5. The lowest BCUT2D eigenvalue weighted by Gasteiger charge is -2.01. The Kier molecular flexibility index (Phi) is 3.63. The van der Waals surface area contributed by atoms with Gasteiger partial charge < -0.3 is 5.73 Å². The fourth-order valence-corrected chi connectivity index (χ4v) is 2.86. The number of nitrogen functional groups attached to an aromatic ring is 1. The Hall–Kier alpha value is -0.850. The molecule has 4 nitrogen and oxygen atoms in total. The van der Waals surface area contributed by atoms with Gasteiger partial charge in [0.25, 0.3) is 0 Å². The summed E-state index contributed by atoms with van der Waals surface area (Å²) >= 11 is 8.54. The molecule has 0 aliphatic heterocycles. The molecule has 0 aliphatic carbocycles. The van der Waals surface area contributed by atoms with Gasteiger partial charge in [-0.15, -0.1) is 0 Å². The van der Waals surface area contributed by atoms with E-state index in [-0.39, 0.29) is 0 Å². The highest BCUT2D eigenvalue weighted by Gasteiger charge is 2.09. The Morgan fingerprint density at radius 2 is 2.25 bits per heavy atom. The van der Waals surface area contributed by atoms with Crippen molar-refractivity contribution in [2.45, 2.75) is 22.7 Å². The van der Waals surface area contributed by atoms with Crippen LogP contribution in [-0.4, -0.2) is 14.3 Å². The van der Waals surface area contributed by atoms with Gasteiger partial charge >= 0.3 is 0 Å². The molecule has 2 N–H and O–H groups in total. The molecule has 0 radical (unpaired) electrons. The fraction of sp³-hybridized carbons (Fsp3) is 0.222. The first kappa shape index (κ1) is 11.6. The minimum atomic E-state index is 0.428. The molecule has 16 heavy (non-hydrogen) atoms. The van der Waals surface area contributed by atoms with E-state index < -0.39 is 0 Å². The molecule has 2 aromatic heterocycles. The van der Waals surface area contributed by atoms with E-state index in [1.54, 1.807) is 12.1 Å². The Labute approximate surface area is 106 Å². The molecule has 84 valence electrons. The second kappa shape index (κ2) is 4.99. The van der Waals surface area contributed by atoms with E-state index in [1.165, 1.54) is 23.3 Å². The van der Waals surface area contributed by atoms with Gasteiger partial charge in [-0.1, -0.05) is 18.5 Å². The minimum absolute atomic E-state index is 0.428. The van der Waals surface area contributed by atoms with Crippen LogP contribution >= 0.6 is 34.9 Å². The van der Waals surface area contributed by atoms with Crippen LogP contribution in [0.2, 0.25) is 5.15 Å². The molecule has 0 amide bonds. The molecule has 0 aromatic carbocycles. The monoisotopic (exact) mass is 272 g/mol. The molecule has 2 heterocycles. The van der Waals surface area contributed by atoms with Gasteiger partial charge in [0, 0.05) is 6.42 Å². The van der Waals surface area contributed by atoms with Crippen molar-refractivity contribution in [1.82, 2.24) is 14.3 Å². The Balaban J connectivity index is 2.22. The van der Waals surface area contributed by atoms with Crippen molar-refractivity contribution >= 4 is 40.6 Å². The Morgan fingerprint density at radius 1 is 1.44 bits per heavy atom. The Bertz CT molecular complexity index is 500. The molecule has 2 aromatic rings. The molecule has 0 aliphatic rings. The fourth-order valence-electron chi connectivity index (χ4n) is 1.02. The van der Waals surface area contributed by atoms with Gasteiger partial charge in [0.1, 0.15) is 16.0 Å². The van der Waals surface area contributed by atoms with E-state index in [0.717, 1.165) is 16.6 Å². The molecule has 0 spiro atoms. The van der Waals surface area contributed by atoms with E-state index >= 15 is 0 Å². The zero-order valence-electron chi connectivity index (χ0n) is 8.48. The maximum atomic E-state index is 5.80. The molecule has 0 saturated carbocycles. The van der Waals surface area contributed by atoms with Crippen molar-refractivity contribution in [2.75, 3.05) is 5.73 Å². The number of nitrogens with zero attached hydrogens (tertiary/aromatic N) is 3. The van der Waals surface area contributed by atoms with E-state index in [9.17, 15) is 0 Å². The van der Waals surface area contributed by atoms with Crippen LogP contribution in [0, 0.1) is 0 Å². The topological polar surface area (TPSA) is 64.7 Å². The summed E-state index contributed by atoms with van der Waals surface area (Å²) in [5.41, 5.74) is 6.39. The van der Waals surface area contributed by atoms with Crippen molar-refractivity contribution in [3.05, 3.63) is 23.1 Å². The first-order valence-corrected chi connectivity index (χ1v) is 6.58. The largest absolute Gasteiger partial charge is 0.397 e. The van der Waals surface area contributed by atoms with Crippen LogP contribution in [0.15, 0.2) is 21.5 Å². The van der Waals surface area contributed by atoms with Crippen molar-refractivity contribution in [3.63, 3.8) is 0 Å². The third kappa shape index (κ3) is 2.63. The van der Waals surface area contributed by atoms with Gasteiger partial charge in [-0.2, -0.15) is 4.37 Å². The summed E-state index contributed by atoms with van der Waals surface area (Å²) in [7, 11) is 0. The van der Waals surface area contributed by atoms with Gasteiger partial charge in [-0.05, 0) is 35.4 Å². The Morgan fingerprint density at radius 3 is 2.94 bits per heavy atom. The number of aryl methyl sites for hydroxylation is 1. The number of rotatable bonds is 3. The van der Waals surface area contributed by atoms with Gasteiger partial charge in [0.15, 0.2) is 4.34 Å². The van der Waals surface area contributed by atoms with Crippen LogP contribution in [-0.2, 0) is 6.42 Å². The smallest absolute Gasteiger partial charge is 0.176 e. The second-order valence-corrected chi connectivity index (χ2v) is 5.34. The van der Waals surface area contributed by atoms with Crippen LogP contribution in [0.25, 0.3) is 0 Å². The van der Waals surface area contributed by atoms with E-state index in [0.29, 0.717) is 15.9 Å². The average Bonchev–Trinajstić information content (AvgIpc) is 2.71. The lowest BCUT2D eigenvalue weighted by Crippen LogP contribution is -1.91. The number of nitrogens with two attached hydrogens (primary N) is 1. The highest BCUT2D eigenvalue weighted by molar-refractivity contribution is 8.01. The zero-order valence-corrected chi connectivity index (χ0v) is 10.9. The molecule has 2 rings (SSSR count). The van der Waals surface area contributed by atoms with Gasteiger partial charge in [0.05, 0.1) is 5.69 Å². The standard InChI is InChI=1S/C9H9ClN4S2/c1-2-7-13-9(16-14-7)15-8-5(11)3-4-6(10)12-8/h3-4H,2,11H2,1H3. The number of aromatic nitrogens is 3. The molecule has 0 fully saturated rings. The molecular formula is C9H9ClN4S2. The average molecular weight is 273 g/mol. The molecule has 0 saturated heterocycles. The van der Waals surface area contributed by atoms with Gasteiger partial charge in [-0.3, -0.25) is 0 Å². The lowest BCUT2D eigenvalue weighted by atomic mass is 10.4. The molecule has 0 bridgehead atoms. The number of hydrogen-bond donors (Lipinski definition) is 1. The molecule has 0 unspecified atom stereocenters. The van der Waals surface area contributed by atoms with Crippen molar-refractivity contribution in [1.29, 1.82) is 0 Å².